The number of hydrogen-bond donors (Lipinski definition) is 1. The quantitative estimate of drug-likeness (QED) is 0.569. The highest BCUT2D eigenvalue weighted by atomic mass is 16.5. The molecule has 0 unspecified atom stereocenters. The molecule has 0 saturated heterocycles. The van der Waals surface area contributed by atoms with Crippen molar-refractivity contribution in [3.8, 4) is 0 Å². The van der Waals surface area contributed by atoms with E-state index in [0.717, 1.165) is 16.8 Å². The number of ether oxygens (including phenoxy) is 1. The first-order chi connectivity index (χ1) is 6.15. The maximum absolute atomic E-state index is 5.66. The Morgan fingerprint density at radius 2 is 2.23 bits per heavy atom. The van der Waals surface area contributed by atoms with Gasteiger partial charge in [-0.2, -0.15) is 0 Å². The summed E-state index contributed by atoms with van der Waals surface area (Å²) in [6.07, 6.45) is 0. The van der Waals surface area contributed by atoms with Crippen LogP contribution in [0.5, 0.6) is 0 Å². The molecule has 13 heavy (non-hydrogen) atoms. The van der Waals surface area contributed by atoms with E-state index < -0.39 is 0 Å². The first-order valence-electron chi connectivity index (χ1n) is 4.33. The minimum atomic E-state index is 0.632. The van der Waals surface area contributed by atoms with Crippen LogP contribution < -0.4 is 5.73 Å². The third kappa shape index (κ3) is 2.25. The monoisotopic (exact) mass is 177 g/mol. The van der Waals surface area contributed by atoms with Gasteiger partial charge in [0.1, 0.15) is 5.76 Å². The molecule has 0 fully saturated rings. The van der Waals surface area contributed by atoms with Crippen LogP contribution in [0.1, 0.15) is 18.1 Å². The fourth-order valence-electron chi connectivity index (χ4n) is 1.19. The van der Waals surface area contributed by atoms with E-state index in [1.807, 2.05) is 32.0 Å². The Morgan fingerprint density at radius 1 is 1.54 bits per heavy atom. The molecule has 0 bridgehead atoms. The molecule has 0 aromatic heterocycles. The van der Waals surface area contributed by atoms with Gasteiger partial charge in [-0.15, -0.1) is 0 Å². The normalized spacial score (nSPS) is 9.69. The Balaban J connectivity index is 2.99. The van der Waals surface area contributed by atoms with E-state index in [-0.39, 0.29) is 0 Å². The largest absolute Gasteiger partial charge is 0.494 e. The smallest absolute Gasteiger partial charge is 0.119 e. The second kappa shape index (κ2) is 3.99. The molecule has 0 aliphatic rings. The fourth-order valence-corrected chi connectivity index (χ4v) is 1.19. The van der Waals surface area contributed by atoms with E-state index in [9.17, 15) is 0 Å². The maximum Gasteiger partial charge on any atom is 0.119 e. The van der Waals surface area contributed by atoms with Gasteiger partial charge in [-0.05, 0) is 31.5 Å². The van der Waals surface area contributed by atoms with Crippen LogP contribution in [0.4, 0.5) is 5.69 Å². The summed E-state index contributed by atoms with van der Waals surface area (Å²) in [5.74, 6) is 0.687. The third-order valence-corrected chi connectivity index (χ3v) is 1.88. The standard InChI is InChI=1S/C11H15NO/c1-4-13-9(3)11-7-10(12)6-5-8(11)2/h5-7H,3-4,12H2,1-2H3. The van der Waals surface area contributed by atoms with E-state index in [1.165, 1.54) is 0 Å². The summed E-state index contributed by atoms with van der Waals surface area (Å²) in [4.78, 5) is 0. The summed E-state index contributed by atoms with van der Waals surface area (Å²) >= 11 is 0. The Labute approximate surface area is 79.0 Å². The molecule has 0 saturated carbocycles. The van der Waals surface area contributed by atoms with Crippen molar-refractivity contribution < 1.29 is 4.74 Å². The van der Waals surface area contributed by atoms with Crippen molar-refractivity contribution in [3.05, 3.63) is 35.9 Å². The van der Waals surface area contributed by atoms with Crippen molar-refractivity contribution in [2.75, 3.05) is 12.3 Å². The molecule has 2 heteroatoms. The first-order valence-corrected chi connectivity index (χ1v) is 4.33. The molecule has 0 amide bonds. The van der Waals surface area contributed by atoms with Gasteiger partial charge >= 0.3 is 0 Å². The molecule has 70 valence electrons. The van der Waals surface area contributed by atoms with E-state index >= 15 is 0 Å². The summed E-state index contributed by atoms with van der Waals surface area (Å²) in [7, 11) is 0. The summed E-state index contributed by atoms with van der Waals surface area (Å²) in [6, 6.07) is 5.72. The molecule has 1 rings (SSSR count). The van der Waals surface area contributed by atoms with Crippen molar-refractivity contribution in [2.45, 2.75) is 13.8 Å². The van der Waals surface area contributed by atoms with Crippen LogP contribution in [0, 0.1) is 6.92 Å². The zero-order chi connectivity index (χ0) is 9.84. The highest BCUT2D eigenvalue weighted by Gasteiger charge is 2.03. The van der Waals surface area contributed by atoms with Crippen molar-refractivity contribution in [1.82, 2.24) is 0 Å². The van der Waals surface area contributed by atoms with Gasteiger partial charge in [0.15, 0.2) is 0 Å². The first kappa shape index (κ1) is 9.65. The van der Waals surface area contributed by atoms with Gasteiger partial charge in [0.25, 0.3) is 0 Å². The highest BCUT2D eigenvalue weighted by molar-refractivity contribution is 5.64. The van der Waals surface area contributed by atoms with Gasteiger partial charge in [-0.3, -0.25) is 0 Å². The summed E-state index contributed by atoms with van der Waals surface area (Å²) < 4.78 is 5.31. The molecule has 0 atom stereocenters. The molecule has 2 N–H and O–H groups in total. The predicted molar refractivity (Wildman–Crippen MR) is 56.3 cm³/mol. The SMILES string of the molecule is C=C(OCC)c1cc(N)ccc1C. The Kier molecular flexibility index (Phi) is 2.96. The van der Waals surface area contributed by atoms with Gasteiger partial charge in [0.05, 0.1) is 6.61 Å². The van der Waals surface area contributed by atoms with Crippen LogP contribution in [0.15, 0.2) is 24.8 Å². The third-order valence-electron chi connectivity index (χ3n) is 1.88. The second-order valence-electron chi connectivity index (χ2n) is 2.93. The number of hydrogen-bond acceptors (Lipinski definition) is 2. The number of benzene rings is 1. The lowest BCUT2D eigenvalue weighted by Gasteiger charge is -2.10. The zero-order valence-electron chi connectivity index (χ0n) is 8.13. The van der Waals surface area contributed by atoms with Crippen molar-refractivity contribution in [3.63, 3.8) is 0 Å². The number of rotatable bonds is 3. The number of anilines is 1. The Hall–Kier alpha value is -1.44. The van der Waals surface area contributed by atoms with Crippen LogP contribution in [-0.4, -0.2) is 6.61 Å². The van der Waals surface area contributed by atoms with Crippen molar-refractivity contribution in [1.29, 1.82) is 0 Å². The van der Waals surface area contributed by atoms with Gasteiger partial charge in [-0.25, -0.2) is 0 Å². The molecule has 0 heterocycles. The lowest BCUT2D eigenvalue weighted by Crippen LogP contribution is -1.95. The van der Waals surface area contributed by atoms with Crippen LogP contribution in [0.25, 0.3) is 5.76 Å². The fraction of sp³-hybridized carbons (Fsp3) is 0.273. The summed E-state index contributed by atoms with van der Waals surface area (Å²) in [6.45, 7) is 8.42. The maximum atomic E-state index is 5.66. The molecule has 1 aromatic carbocycles. The van der Waals surface area contributed by atoms with E-state index in [4.69, 9.17) is 10.5 Å². The van der Waals surface area contributed by atoms with Crippen LogP contribution in [-0.2, 0) is 4.74 Å². The lowest BCUT2D eigenvalue weighted by molar-refractivity contribution is 0.299. The Morgan fingerprint density at radius 3 is 2.85 bits per heavy atom. The molecule has 0 radical (unpaired) electrons. The second-order valence-corrected chi connectivity index (χ2v) is 2.93. The molecule has 1 aromatic rings. The van der Waals surface area contributed by atoms with Gasteiger partial charge in [0.2, 0.25) is 0 Å². The average molecular weight is 177 g/mol. The molecular weight excluding hydrogens is 162 g/mol. The van der Waals surface area contributed by atoms with Gasteiger partial charge < -0.3 is 10.5 Å². The van der Waals surface area contributed by atoms with E-state index in [0.29, 0.717) is 12.4 Å². The minimum absolute atomic E-state index is 0.632. The van der Waals surface area contributed by atoms with Gasteiger partial charge in [0, 0.05) is 11.3 Å². The minimum Gasteiger partial charge on any atom is -0.494 e. The van der Waals surface area contributed by atoms with Crippen molar-refractivity contribution in [2.24, 2.45) is 0 Å². The van der Waals surface area contributed by atoms with Gasteiger partial charge in [-0.1, -0.05) is 12.6 Å². The Bertz CT molecular complexity index is 318. The molecule has 0 aliphatic carbocycles. The number of nitrogens with two attached hydrogens (primary N) is 1. The molecular formula is C11H15NO. The molecule has 0 spiro atoms. The summed E-state index contributed by atoms with van der Waals surface area (Å²) in [5, 5.41) is 0. The molecule has 0 aliphatic heterocycles. The average Bonchev–Trinajstić information content (AvgIpc) is 2.09. The number of nitrogen functional groups attached to an aromatic ring is 1. The molecule has 2 nitrogen and oxygen atoms in total. The number of aryl methyl sites for hydroxylation is 1. The zero-order valence-corrected chi connectivity index (χ0v) is 8.13. The predicted octanol–water partition coefficient (Wildman–Crippen LogP) is 2.58. The van der Waals surface area contributed by atoms with Crippen molar-refractivity contribution >= 4 is 11.4 Å². The van der Waals surface area contributed by atoms with Crippen LogP contribution >= 0.6 is 0 Å². The summed E-state index contributed by atoms with van der Waals surface area (Å²) in [5.41, 5.74) is 8.52. The van der Waals surface area contributed by atoms with Crippen LogP contribution in [0.3, 0.4) is 0 Å². The van der Waals surface area contributed by atoms with E-state index in [1.54, 1.807) is 0 Å². The topological polar surface area (TPSA) is 35.2 Å². The lowest BCUT2D eigenvalue weighted by atomic mass is 10.1. The van der Waals surface area contributed by atoms with Crippen LogP contribution in [0.2, 0.25) is 0 Å². The van der Waals surface area contributed by atoms with E-state index in [2.05, 4.69) is 6.58 Å². The highest BCUT2D eigenvalue weighted by Crippen LogP contribution is 2.20.